The van der Waals surface area contributed by atoms with Crippen molar-refractivity contribution in [2.45, 2.75) is 27.2 Å². The van der Waals surface area contributed by atoms with E-state index < -0.39 is 11.9 Å². The molecule has 6 heteroatoms. The van der Waals surface area contributed by atoms with Crippen molar-refractivity contribution in [1.82, 2.24) is 9.97 Å². The Hall–Kier alpha value is -1.85. The minimum atomic E-state index is -0.792. The molecule has 0 saturated heterocycles. The van der Waals surface area contributed by atoms with Gasteiger partial charge in [-0.15, -0.1) is 0 Å². The summed E-state index contributed by atoms with van der Waals surface area (Å²) < 4.78 is 5.10. The highest BCUT2D eigenvalue weighted by atomic mass is 16.5. The molecule has 0 saturated carbocycles. The predicted molar refractivity (Wildman–Crippen MR) is 72.4 cm³/mol. The lowest BCUT2D eigenvalue weighted by atomic mass is 9.97. The molecule has 0 aliphatic rings. The number of carboxylic acid groups (broad SMARTS) is 1. The second kappa shape index (κ2) is 6.92. The standard InChI is InChI=1S/C13H21N3O3/c1-8(2)5-10(13(17)18)6-14-11-9(3)12(19-4)16-7-15-11/h7-8,10H,5-6H2,1-4H3,(H,17,18)(H,14,15,16). The van der Waals surface area contributed by atoms with Crippen LogP contribution in [0, 0.1) is 18.8 Å². The van der Waals surface area contributed by atoms with E-state index in [-0.39, 0.29) is 0 Å². The summed E-state index contributed by atoms with van der Waals surface area (Å²) in [6, 6.07) is 0. The van der Waals surface area contributed by atoms with Crippen molar-refractivity contribution >= 4 is 11.8 Å². The number of methoxy groups -OCH3 is 1. The average Bonchev–Trinajstić information content (AvgIpc) is 2.35. The lowest BCUT2D eigenvalue weighted by Crippen LogP contribution is -2.25. The highest BCUT2D eigenvalue weighted by Crippen LogP contribution is 2.21. The van der Waals surface area contributed by atoms with Crippen LogP contribution in [0.1, 0.15) is 25.8 Å². The SMILES string of the molecule is COc1ncnc(NCC(CC(C)C)C(=O)O)c1C. The van der Waals surface area contributed by atoms with Gasteiger partial charge in [-0.3, -0.25) is 4.79 Å². The monoisotopic (exact) mass is 267 g/mol. The van der Waals surface area contributed by atoms with Crippen LogP contribution in [0.3, 0.4) is 0 Å². The quantitative estimate of drug-likeness (QED) is 0.785. The van der Waals surface area contributed by atoms with Gasteiger partial charge in [0.05, 0.1) is 18.6 Å². The summed E-state index contributed by atoms with van der Waals surface area (Å²) in [5.74, 6) is 0.222. The van der Waals surface area contributed by atoms with Gasteiger partial charge in [0.15, 0.2) is 0 Å². The maximum Gasteiger partial charge on any atom is 0.308 e. The first kappa shape index (κ1) is 15.2. The Kier molecular flexibility index (Phi) is 5.54. The third-order valence-corrected chi connectivity index (χ3v) is 2.85. The molecular weight excluding hydrogens is 246 g/mol. The number of anilines is 1. The molecule has 0 aliphatic heterocycles. The number of aliphatic carboxylic acids is 1. The van der Waals surface area contributed by atoms with Crippen LogP contribution in [0.4, 0.5) is 5.82 Å². The van der Waals surface area contributed by atoms with Gasteiger partial charge in [-0.1, -0.05) is 13.8 Å². The van der Waals surface area contributed by atoms with Crippen LogP contribution >= 0.6 is 0 Å². The smallest absolute Gasteiger partial charge is 0.308 e. The van der Waals surface area contributed by atoms with Crippen molar-refractivity contribution in [3.63, 3.8) is 0 Å². The Morgan fingerprint density at radius 1 is 1.47 bits per heavy atom. The Bertz CT molecular complexity index is 435. The average molecular weight is 267 g/mol. The molecule has 1 atom stereocenters. The number of hydrogen-bond donors (Lipinski definition) is 2. The van der Waals surface area contributed by atoms with Gasteiger partial charge in [0.1, 0.15) is 12.1 Å². The summed E-state index contributed by atoms with van der Waals surface area (Å²) >= 11 is 0. The Labute approximate surface area is 113 Å². The molecule has 0 spiro atoms. The zero-order chi connectivity index (χ0) is 14.4. The maximum absolute atomic E-state index is 11.2. The highest BCUT2D eigenvalue weighted by molar-refractivity contribution is 5.70. The van der Waals surface area contributed by atoms with Gasteiger partial charge in [0, 0.05) is 6.54 Å². The molecule has 0 fully saturated rings. The summed E-state index contributed by atoms with van der Waals surface area (Å²) in [6.45, 7) is 6.19. The second-order valence-corrected chi connectivity index (χ2v) is 4.90. The van der Waals surface area contributed by atoms with E-state index in [9.17, 15) is 9.90 Å². The van der Waals surface area contributed by atoms with Crippen molar-refractivity contribution in [2.24, 2.45) is 11.8 Å². The fourth-order valence-electron chi connectivity index (χ4n) is 1.88. The largest absolute Gasteiger partial charge is 0.481 e. The molecule has 0 amide bonds. The number of carboxylic acids is 1. The minimum Gasteiger partial charge on any atom is -0.481 e. The molecule has 0 aromatic carbocycles. The molecule has 1 rings (SSSR count). The summed E-state index contributed by atoms with van der Waals surface area (Å²) in [6.07, 6.45) is 2.02. The van der Waals surface area contributed by atoms with Gasteiger partial charge >= 0.3 is 5.97 Å². The maximum atomic E-state index is 11.2. The molecule has 2 N–H and O–H groups in total. The topological polar surface area (TPSA) is 84.3 Å². The van der Waals surface area contributed by atoms with E-state index in [0.29, 0.717) is 30.6 Å². The molecule has 1 aromatic heterocycles. The predicted octanol–water partition coefficient (Wildman–Crippen LogP) is 1.95. The van der Waals surface area contributed by atoms with Gasteiger partial charge in [-0.2, -0.15) is 0 Å². The fraction of sp³-hybridized carbons (Fsp3) is 0.615. The number of carbonyl (C=O) groups is 1. The summed E-state index contributed by atoms with van der Waals surface area (Å²) in [5, 5.41) is 12.2. The first-order valence-corrected chi connectivity index (χ1v) is 6.28. The molecule has 0 aliphatic carbocycles. The molecule has 1 unspecified atom stereocenters. The van der Waals surface area contributed by atoms with Crippen LogP contribution in [0.25, 0.3) is 0 Å². The molecule has 6 nitrogen and oxygen atoms in total. The van der Waals surface area contributed by atoms with E-state index in [0.717, 1.165) is 5.56 Å². The molecule has 0 bridgehead atoms. The number of nitrogens with one attached hydrogen (secondary N) is 1. The first-order chi connectivity index (χ1) is 8.95. The molecule has 1 aromatic rings. The van der Waals surface area contributed by atoms with Crippen molar-refractivity contribution in [3.8, 4) is 5.88 Å². The summed E-state index contributed by atoms with van der Waals surface area (Å²) in [5.41, 5.74) is 0.777. The molecular formula is C13H21N3O3. The third-order valence-electron chi connectivity index (χ3n) is 2.85. The van der Waals surface area contributed by atoms with Crippen molar-refractivity contribution in [1.29, 1.82) is 0 Å². The number of hydrogen-bond acceptors (Lipinski definition) is 5. The second-order valence-electron chi connectivity index (χ2n) is 4.90. The van der Waals surface area contributed by atoms with Gasteiger partial charge < -0.3 is 15.2 Å². The van der Waals surface area contributed by atoms with E-state index >= 15 is 0 Å². The van der Waals surface area contributed by atoms with Crippen molar-refractivity contribution in [2.75, 3.05) is 19.0 Å². The van der Waals surface area contributed by atoms with Gasteiger partial charge in [0.25, 0.3) is 0 Å². The van der Waals surface area contributed by atoms with Crippen molar-refractivity contribution in [3.05, 3.63) is 11.9 Å². The number of rotatable bonds is 7. The third kappa shape index (κ3) is 4.39. The van der Waals surface area contributed by atoms with E-state index in [4.69, 9.17) is 4.74 Å². The zero-order valence-corrected chi connectivity index (χ0v) is 11.8. The van der Waals surface area contributed by atoms with Crippen LogP contribution in [0.2, 0.25) is 0 Å². The van der Waals surface area contributed by atoms with E-state index in [1.54, 1.807) is 0 Å². The number of ether oxygens (including phenoxy) is 1. The zero-order valence-electron chi connectivity index (χ0n) is 11.8. The molecule has 0 radical (unpaired) electrons. The Morgan fingerprint density at radius 2 is 2.16 bits per heavy atom. The lowest BCUT2D eigenvalue weighted by molar-refractivity contribution is -0.141. The van der Waals surface area contributed by atoms with E-state index in [1.165, 1.54) is 13.4 Å². The van der Waals surface area contributed by atoms with Crippen LogP contribution in [0.5, 0.6) is 5.88 Å². The van der Waals surface area contributed by atoms with Crippen molar-refractivity contribution < 1.29 is 14.6 Å². The normalized spacial score (nSPS) is 12.3. The summed E-state index contributed by atoms with van der Waals surface area (Å²) in [4.78, 5) is 19.2. The molecule has 19 heavy (non-hydrogen) atoms. The first-order valence-electron chi connectivity index (χ1n) is 6.28. The van der Waals surface area contributed by atoms with Crippen LogP contribution < -0.4 is 10.1 Å². The van der Waals surface area contributed by atoms with Crippen LogP contribution in [0.15, 0.2) is 6.33 Å². The number of nitrogens with zero attached hydrogens (tertiary/aromatic N) is 2. The highest BCUT2D eigenvalue weighted by Gasteiger charge is 2.19. The Balaban J connectivity index is 2.71. The molecule has 106 valence electrons. The minimum absolute atomic E-state index is 0.337. The Morgan fingerprint density at radius 3 is 2.68 bits per heavy atom. The lowest BCUT2D eigenvalue weighted by Gasteiger charge is -2.17. The van der Waals surface area contributed by atoms with Gasteiger partial charge in [0.2, 0.25) is 5.88 Å². The van der Waals surface area contributed by atoms with Gasteiger partial charge in [-0.05, 0) is 19.3 Å². The fourth-order valence-corrected chi connectivity index (χ4v) is 1.88. The summed E-state index contributed by atoms with van der Waals surface area (Å²) in [7, 11) is 1.54. The van der Waals surface area contributed by atoms with Crippen LogP contribution in [-0.2, 0) is 4.79 Å². The van der Waals surface area contributed by atoms with E-state index in [1.807, 2.05) is 20.8 Å². The molecule has 1 heterocycles. The van der Waals surface area contributed by atoms with E-state index in [2.05, 4.69) is 15.3 Å². The number of aromatic nitrogens is 2. The van der Waals surface area contributed by atoms with Gasteiger partial charge in [-0.25, -0.2) is 9.97 Å². The van der Waals surface area contributed by atoms with Crippen LogP contribution in [-0.4, -0.2) is 34.7 Å².